The van der Waals surface area contributed by atoms with Crippen molar-refractivity contribution >= 4 is 11.7 Å². The topological polar surface area (TPSA) is 52.6 Å². The summed E-state index contributed by atoms with van der Waals surface area (Å²) in [6, 6.07) is 16.2. The average molecular weight is 364 g/mol. The van der Waals surface area contributed by atoms with Crippen molar-refractivity contribution in [3.05, 3.63) is 65.2 Å². The van der Waals surface area contributed by atoms with Crippen LogP contribution in [0, 0.1) is 25.7 Å². The van der Waals surface area contributed by atoms with Gasteiger partial charge in [-0.25, -0.2) is 4.79 Å². The molecule has 4 rings (SSSR count). The number of nitrogens with zero attached hydrogens (tertiary/aromatic N) is 1. The maximum Gasteiger partial charge on any atom is 0.321 e. The Morgan fingerprint density at radius 1 is 1.11 bits per heavy atom. The van der Waals surface area contributed by atoms with Crippen molar-refractivity contribution < 1.29 is 9.90 Å². The molecule has 0 radical (unpaired) electrons. The summed E-state index contributed by atoms with van der Waals surface area (Å²) in [4.78, 5) is 14.6. The largest absolute Gasteiger partial charge is 0.390 e. The zero-order valence-electron chi connectivity index (χ0n) is 16.1. The Morgan fingerprint density at radius 2 is 1.78 bits per heavy atom. The van der Waals surface area contributed by atoms with Gasteiger partial charge >= 0.3 is 6.03 Å². The maximum absolute atomic E-state index is 12.7. The summed E-state index contributed by atoms with van der Waals surface area (Å²) >= 11 is 0. The zero-order chi connectivity index (χ0) is 19.0. The van der Waals surface area contributed by atoms with E-state index in [9.17, 15) is 9.90 Å². The highest BCUT2D eigenvalue weighted by molar-refractivity contribution is 5.90. The van der Waals surface area contributed by atoms with E-state index in [1.807, 2.05) is 42.2 Å². The lowest BCUT2D eigenvalue weighted by Crippen LogP contribution is -2.36. The predicted molar refractivity (Wildman–Crippen MR) is 108 cm³/mol. The summed E-state index contributed by atoms with van der Waals surface area (Å²) in [5.41, 5.74) is 3.71. The number of hydrogen-bond acceptors (Lipinski definition) is 2. The zero-order valence-corrected chi connectivity index (χ0v) is 16.1. The van der Waals surface area contributed by atoms with E-state index in [1.165, 1.54) is 11.1 Å². The molecule has 2 atom stereocenters. The first-order chi connectivity index (χ1) is 12.9. The molecule has 2 aromatic rings. The van der Waals surface area contributed by atoms with E-state index < -0.39 is 5.60 Å². The highest BCUT2D eigenvalue weighted by Crippen LogP contribution is 2.45. The standard InChI is InChI=1S/C23H28N2O2/c1-16-8-9-21(17(2)10-16)24-22(26)25-14-19-12-23(27,13-20(19)15-25)11-18-6-4-3-5-7-18/h3-10,19-20,27H,11-15H2,1-2H3,(H,24,26). The van der Waals surface area contributed by atoms with Gasteiger partial charge in [0.25, 0.3) is 0 Å². The fraction of sp³-hybridized carbons (Fsp3) is 0.435. The van der Waals surface area contributed by atoms with E-state index in [0.29, 0.717) is 18.3 Å². The number of aryl methyl sites for hydroxylation is 2. The summed E-state index contributed by atoms with van der Waals surface area (Å²) in [7, 11) is 0. The van der Waals surface area contributed by atoms with Crippen LogP contribution in [0.5, 0.6) is 0 Å². The number of aliphatic hydroxyl groups is 1. The number of hydrogen-bond donors (Lipinski definition) is 2. The number of amides is 2. The molecular weight excluding hydrogens is 336 g/mol. The molecule has 1 heterocycles. The third-order valence-corrected chi connectivity index (χ3v) is 6.15. The summed E-state index contributed by atoms with van der Waals surface area (Å²) in [6.07, 6.45) is 2.26. The van der Waals surface area contributed by atoms with E-state index in [1.54, 1.807) is 0 Å². The fourth-order valence-corrected chi connectivity index (χ4v) is 4.89. The highest BCUT2D eigenvalue weighted by Gasteiger charge is 2.49. The van der Waals surface area contributed by atoms with Crippen molar-refractivity contribution in [3.8, 4) is 0 Å². The summed E-state index contributed by atoms with van der Waals surface area (Å²) in [6.45, 7) is 5.54. The van der Waals surface area contributed by atoms with Crippen molar-refractivity contribution in [1.82, 2.24) is 4.90 Å². The maximum atomic E-state index is 12.7. The van der Waals surface area contributed by atoms with Crippen LogP contribution in [0.1, 0.15) is 29.5 Å². The second-order valence-electron chi connectivity index (χ2n) is 8.47. The number of nitrogens with one attached hydrogen (secondary N) is 1. The molecule has 2 fully saturated rings. The molecule has 2 unspecified atom stereocenters. The van der Waals surface area contributed by atoms with E-state index >= 15 is 0 Å². The SMILES string of the molecule is Cc1ccc(NC(=O)N2CC3CC(O)(Cc4ccccc4)CC3C2)c(C)c1. The van der Waals surface area contributed by atoms with Crippen molar-refractivity contribution in [2.75, 3.05) is 18.4 Å². The summed E-state index contributed by atoms with van der Waals surface area (Å²) < 4.78 is 0. The second kappa shape index (κ2) is 7.01. The van der Waals surface area contributed by atoms with Crippen molar-refractivity contribution in [2.24, 2.45) is 11.8 Å². The first kappa shape index (κ1) is 18.1. The molecule has 1 aliphatic carbocycles. The first-order valence-electron chi connectivity index (χ1n) is 9.81. The van der Waals surface area contributed by atoms with E-state index in [-0.39, 0.29) is 6.03 Å². The molecule has 27 heavy (non-hydrogen) atoms. The number of carbonyl (C=O) groups is 1. The number of benzene rings is 2. The van der Waals surface area contributed by atoms with Crippen molar-refractivity contribution in [1.29, 1.82) is 0 Å². The normalized spacial score (nSPS) is 26.9. The molecule has 2 N–H and O–H groups in total. The molecule has 4 heteroatoms. The van der Waals surface area contributed by atoms with Gasteiger partial charge in [0, 0.05) is 25.2 Å². The van der Waals surface area contributed by atoms with Gasteiger partial charge in [-0.15, -0.1) is 0 Å². The van der Waals surface area contributed by atoms with Crippen LogP contribution in [0.15, 0.2) is 48.5 Å². The lowest BCUT2D eigenvalue weighted by Gasteiger charge is -2.26. The number of anilines is 1. The lowest BCUT2D eigenvalue weighted by molar-refractivity contribution is 0.0369. The van der Waals surface area contributed by atoms with E-state index in [2.05, 4.69) is 30.4 Å². The van der Waals surface area contributed by atoms with Gasteiger partial charge in [0.2, 0.25) is 0 Å². The molecule has 0 aromatic heterocycles. The minimum absolute atomic E-state index is 0.0250. The smallest absolute Gasteiger partial charge is 0.321 e. The van der Waals surface area contributed by atoms with Gasteiger partial charge in [-0.3, -0.25) is 0 Å². The predicted octanol–water partition coefficient (Wildman–Crippen LogP) is 4.15. The summed E-state index contributed by atoms with van der Waals surface area (Å²) in [5.74, 6) is 0.784. The number of urea groups is 1. The van der Waals surface area contributed by atoms with Crippen LogP contribution in [0.4, 0.5) is 10.5 Å². The molecule has 2 aromatic carbocycles. The molecule has 0 spiro atoms. The minimum atomic E-state index is -0.632. The van der Waals surface area contributed by atoms with Gasteiger partial charge in [0.1, 0.15) is 0 Å². The Kier molecular flexibility index (Phi) is 4.68. The summed E-state index contributed by atoms with van der Waals surface area (Å²) in [5, 5.41) is 14.1. The van der Waals surface area contributed by atoms with Gasteiger partial charge in [-0.1, -0.05) is 48.0 Å². The first-order valence-corrected chi connectivity index (χ1v) is 9.81. The van der Waals surface area contributed by atoms with Crippen molar-refractivity contribution in [3.63, 3.8) is 0 Å². The van der Waals surface area contributed by atoms with E-state index in [4.69, 9.17) is 0 Å². The quantitative estimate of drug-likeness (QED) is 0.860. The highest BCUT2D eigenvalue weighted by atomic mass is 16.3. The molecule has 142 valence electrons. The number of carbonyl (C=O) groups excluding carboxylic acids is 1. The Hall–Kier alpha value is -2.33. The Morgan fingerprint density at radius 3 is 2.41 bits per heavy atom. The van der Waals surface area contributed by atoms with Gasteiger partial charge in [0.05, 0.1) is 5.60 Å². The number of likely N-dealkylation sites (tertiary alicyclic amines) is 1. The molecule has 1 saturated carbocycles. The Bertz CT molecular complexity index is 820. The van der Waals surface area contributed by atoms with E-state index in [0.717, 1.165) is 37.2 Å². The molecule has 2 aliphatic rings. The fourth-order valence-electron chi connectivity index (χ4n) is 4.89. The van der Waals surface area contributed by atoms with Crippen molar-refractivity contribution in [2.45, 2.75) is 38.7 Å². The molecule has 2 amide bonds. The van der Waals surface area contributed by atoms with Crippen LogP contribution in [-0.4, -0.2) is 34.7 Å². The lowest BCUT2D eigenvalue weighted by atomic mass is 9.91. The molecule has 4 nitrogen and oxygen atoms in total. The van der Waals surface area contributed by atoms with Crippen LogP contribution in [0.3, 0.4) is 0 Å². The van der Waals surface area contributed by atoms with Crippen LogP contribution >= 0.6 is 0 Å². The number of fused-ring (bicyclic) bond motifs is 1. The Balaban J connectivity index is 1.36. The molecule has 1 saturated heterocycles. The average Bonchev–Trinajstić information content (AvgIpc) is 3.13. The third-order valence-electron chi connectivity index (χ3n) is 6.15. The minimum Gasteiger partial charge on any atom is -0.390 e. The van der Waals surface area contributed by atoms with Gasteiger partial charge in [0.15, 0.2) is 0 Å². The molecule has 1 aliphatic heterocycles. The van der Waals surface area contributed by atoms with Gasteiger partial charge < -0.3 is 15.3 Å². The van der Waals surface area contributed by atoms with Gasteiger partial charge in [-0.2, -0.15) is 0 Å². The van der Waals surface area contributed by atoms with Crippen LogP contribution in [0.2, 0.25) is 0 Å². The molecule has 0 bridgehead atoms. The van der Waals surface area contributed by atoms with Crippen LogP contribution in [-0.2, 0) is 6.42 Å². The third kappa shape index (κ3) is 3.86. The monoisotopic (exact) mass is 364 g/mol. The second-order valence-corrected chi connectivity index (χ2v) is 8.47. The number of rotatable bonds is 3. The van der Waals surface area contributed by atoms with Gasteiger partial charge in [-0.05, 0) is 55.7 Å². The molecular formula is C23H28N2O2. The van der Waals surface area contributed by atoms with Crippen LogP contribution < -0.4 is 5.32 Å². The van der Waals surface area contributed by atoms with Crippen LogP contribution in [0.25, 0.3) is 0 Å². The Labute approximate surface area is 161 Å².